The summed E-state index contributed by atoms with van der Waals surface area (Å²) >= 11 is 0. The average molecular weight is 338 g/mol. The molecule has 0 aromatic heterocycles. The number of rotatable bonds is 8. The quantitative estimate of drug-likeness (QED) is 0.778. The van der Waals surface area contributed by atoms with Gasteiger partial charge in [0.1, 0.15) is 5.75 Å². The van der Waals surface area contributed by atoms with E-state index in [1.165, 1.54) is 12.8 Å². The molecule has 0 bridgehead atoms. The van der Waals surface area contributed by atoms with Crippen molar-refractivity contribution < 1.29 is 9.53 Å². The molecule has 0 spiro atoms. The molecule has 1 aliphatic carbocycles. The SMILES string of the molecule is Cc1ccc(CNC(=O)[C@@H](N)Cc2ccccc2)c(OCC2CC2)c1. The lowest BCUT2D eigenvalue weighted by atomic mass is 10.1. The molecular formula is C21H26N2O2. The summed E-state index contributed by atoms with van der Waals surface area (Å²) in [5.41, 5.74) is 9.25. The van der Waals surface area contributed by atoms with Gasteiger partial charge in [0.2, 0.25) is 5.91 Å². The summed E-state index contributed by atoms with van der Waals surface area (Å²) in [6, 6.07) is 15.4. The Bertz CT molecular complexity index is 711. The van der Waals surface area contributed by atoms with Crippen LogP contribution >= 0.6 is 0 Å². The number of aryl methyl sites for hydroxylation is 1. The van der Waals surface area contributed by atoms with Crippen LogP contribution in [0.5, 0.6) is 5.75 Å². The molecule has 0 radical (unpaired) electrons. The Balaban J connectivity index is 1.55. The van der Waals surface area contributed by atoms with E-state index < -0.39 is 6.04 Å². The number of nitrogens with two attached hydrogens (primary N) is 1. The lowest BCUT2D eigenvalue weighted by Crippen LogP contribution is -2.41. The number of hydrogen-bond acceptors (Lipinski definition) is 3. The van der Waals surface area contributed by atoms with Crippen LogP contribution in [0.2, 0.25) is 0 Å². The van der Waals surface area contributed by atoms with Gasteiger partial charge in [-0.25, -0.2) is 0 Å². The monoisotopic (exact) mass is 338 g/mol. The predicted molar refractivity (Wildman–Crippen MR) is 99.4 cm³/mol. The number of nitrogens with one attached hydrogen (secondary N) is 1. The second-order valence-electron chi connectivity index (χ2n) is 6.88. The number of hydrogen-bond donors (Lipinski definition) is 2. The van der Waals surface area contributed by atoms with Gasteiger partial charge in [-0.1, -0.05) is 42.5 Å². The van der Waals surface area contributed by atoms with Crippen LogP contribution in [0.25, 0.3) is 0 Å². The van der Waals surface area contributed by atoms with Crippen molar-refractivity contribution in [2.45, 2.75) is 38.8 Å². The van der Waals surface area contributed by atoms with E-state index in [1.807, 2.05) is 55.5 Å². The molecule has 1 atom stereocenters. The van der Waals surface area contributed by atoms with Gasteiger partial charge >= 0.3 is 0 Å². The minimum Gasteiger partial charge on any atom is -0.493 e. The molecular weight excluding hydrogens is 312 g/mol. The third kappa shape index (κ3) is 5.33. The van der Waals surface area contributed by atoms with E-state index in [9.17, 15) is 4.79 Å². The molecule has 3 rings (SSSR count). The normalized spacial score (nSPS) is 14.8. The molecule has 0 unspecified atom stereocenters. The maximum atomic E-state index is 12.3. The van der Waals surface area contributed by atoms with Gasteiger partial charge in [-0.3, -0.25) is 4.79 Å². The van der Waals surface area contributed by atoms with Crippen LogP contribution in [0.3, 0.4) is 0 Å². The van der Waals surface area contributed by atoms with Crippen LogP contribution in [0.15, 0.2) is 48.5 Å². The summed E-state index contributed by atoms with van der Waals surface area (Å²) in [6.07, 6.45) is 3.05. The highest BCUT2D eigenvalue weighted by atomic mass is 16.5. The Kier molecular flexibility index (Phi) is 5.71. The van der Waals surface area contributed by atoms with Crippen LogP contribution < -0.4 is 15.8 Å². The maximum Gasteiger partial charge on any atom is 0.237 e. The van der Waals surface area contributed by atoms with Gasteiger partial charge in [0.25, 0.3) is 0 Å². The molecule has 0 heterocycles. The standard InChI is InChI=1S/C21H26N2O2/c1-15-7-10-18(20(11-15)25-14-17-8-9-17)13-23-21(24)19(22)12-16-5-3-2-4-6-16/h2-7,10-11,17,19H,8-9,12-14,22H2,1H3,(H,23,24)/t19-/m0/s1. The Morgan fingerprint density at radius 1 is 1.24 bits per heavy atom. The van der Waals surface area contributed by atoms with Crippen molar-refractivity contribution in [3.63, 3.8) is 0 Å². The highest BCUT2D eigenvalue weighted by Gasteiger charge is 2.22. The first-order chi connectivity index (χ1) is 12.1. The molecule has 3 N–H and O–H groups in total. The number of carbonyl (C=O) groups is 1. The zero-order valence-electron chi connectivity index (χ0n) is 14.7. The van der Waals surface area contributed by atoms with E-state index >= 15 is 0 Å². The van der Waals surface area contributed by atoms with Gasteiger partial charge in [-0.15, -0.1) is 0 Å². The smallest absolute Gasteiger partial charge is 0.237 e. The van der Waals surface area contributed by atoms with Gasteiger partial charge in [0.15, 0.2) is 0 Å². The lowest BCUT2D eigenvalue weighted by Gasteiger charge is -2.15. The number of ether oxygens (including phenoxy) is 1. The molecule has 0 saturated heterocycles. The zero-order valence-corrected chi connectivity index (χ0v) is 14.7. The van der Waals surface area contributed by atoms with Crippen LogP contribution in [0.4, 0.5) is 0 Å². The highest BCUT2D eigenvalue weighted by Crippen LogP contribution is 2.30. The Morgan fingerprint density at radius 3 is 2.72 bits per heavy atom. The first-order valence-corrected chi connectivity index (χ1v) is 8.91. The topological polar surface area (TPSA) is 64.4 Å². The molecule has 1 fully saturated rings. The largest absolute Gasteiger partial charge is 0.493 e. The van der Waals surface area contributed by atoms with E-state index in [4.69, 9.17) is 10.5 Å². The number of benzene rings is 2. The third-order valence-corrected chi connectivity index (χ3v) is 4.48. The zero-order chi connectivity index (χ0) is 17.6. The van der Waals surface area contributed by atoms with Crippen LogP contribution in [0.1, 0.15) is 29.5 Å². The fourth-order valence-corrected chi connectivity index (χ4v) is 2.71. The second kappa shape index (κ2) is 8.17. The van der Waals surface area contributed by atoms with E-state index in [-0.39, 0.29) is 5.91 Å². The van der Waals surface area contributed by atoms with Crippen molar-refractivity contribution in [1.82, 2.24) is 5.32 Å². The van der Waals surface area contributed by atoms with Crippen molar-refractivity contribution in [2.24, 2.45) is 11.7 Å². The first kappa shape index (κ1) is 17.5. The van der Waals surface area contributed by atoms with Gasteiger partial charge in [-0.2, -0.15) is 0 Å². The van der Waals surface area contributed by atoms with Crippen molar-refractivity contribution in [2.75, 3.05) is 6.61 Å². The summed E-state index contributed by atoms with van der Waals surface area (Å²) < 4.78 is 5.95. The minimum absolute atomic E-state index is 0.141. The predicted octanol–water partition coefficient (Wildman–Crippen LogP) is 2.97. The fraction of sp³-hybridized carbons (Fsp3) is 0.381. The van der Waals surface area contributed by atoms with Crippen molar-refractivity contribution in [1.29, 1.82) is 0 Å². The third-order valence-electron chi connectivity index (χ3n) is 4.48. The van der Waals surface area contributed by atoms with Gasteiger partial charge in [0, 0.05) is 12.1 Å². The van der Waals surface area contributed by atoms with Crippen molar-refractivity contribution in [3.05, 3.63) is 65.2 Å². The number of amides is 1. The van der Waals surface area contributed by atoms with E-state index in [1.54, 1.807) is 0 Å². The summed E-state index contributed by atoms with van der Waals surface area (Å²) in [5, 5.41) is 2.94. The van der Waals surface area contributed by atoms with E-state index in [0.717, 1.165) is 29.0 Å². The molecule has 1 aliphatic rings. The van der Waals surface area contributed by atoms with Crippen LogP contribution in [-0.4, -0.2) is 18.6 Å². The minimum atomic E-state index is -0.552. The Labute approximate surface area is 149 Å². The van der Waals surface area contributed by atoms with Crippen LogP contribution in [-0.2, 0) is 17.8 Å². The van der Waals surface area contributed by atoms with E-state index in [0.29, 0.717) is 18.9 Å². The Morgan fingerprint density at radius 2 is 2.00 bits per heavy atom. The summed E-state index contributed by atoms with van der Waals surface area (Å²) in [5.74, 6) is 1.42. The summed E-state index contributed by atoms with van der Waals surface area (Å²) in [7, 11) is 0. The molecule has 1 saturated carbocycles. The molecule has 132 valence electrons. The molecule has 2 aromatic carbocycles. The average Bonchev–Trinajstić information content (AvgIpc) is 3.44. The summed E-state index contributed by atoms with van der Waals surface area (Å²) in [6.45, 7) is 3.24. The number of carbonyl (C=O) groups excluding carboxylic acids is 1. The molecule has 4 heteroatoms. The molecule has 1 amide bonds. The fourth-order valence-electron chi connectivity index (χ4n) is 2.71. The maximum absolute atomic E-state index is 12.3. The van der Waals surface area contributed by atoms with Gasteiger partial charge in [-0.05, 0) is 49.3 Å². The molecule has 0 aliphatic heterocycles. The van der Waals surface area contributed by atoms with Crippen molar-refractivity contribution in [3.8, 4) is 5.75 Å². The van der Waals surface area contributed by atoms with Crippen molar-refractivity contribution >= 4 is 5.91 Å². The molecule has 2 aromatic rings. The first-order valence-electron chi connectivity index (χ1n) is 8.91. The van der Waals surface area contributed by atoms with E-state index in [2.05, 4.69) is 5.32 Å². The second-order valence-corrected chi connectivity index (χ2v) is 6.88. The van der Waals surface area contributed by atoms with Gasteiger partial charge in [0.05, 0.1) is 12.6 Å². The van der Waals surface area contributed by atoms with Crippen LogP contribution in [0, 0.1) is 12.8 Å². The highest BCUT2D eigenvalue weighted by molar-refractivity contribution is 5.81. The molecule has 25 heavy (non-hydrogen) atoms. The summed E-state index contributed by atoms with van der Waals surface area (Å²) in [4.78, 5) is 12.3. The Hall–Kier alpha value is -2.33. The lowest BCUT2D eigenvalue weighted by molar-refractivity contribution is -0.122. The molecule has 4 nitrogen and oxygen atoms in total. The van der Waals surface area contributed by atoms with Gasteiger partial charge < -0.3 is 15.8 Å².